The van der Waals surface area contributed by atoms with Gasteiger partial charge in [-0.15, -0.1) is 0 Å². The van der Waals surface area contributed by atoms with E-state index < -0.39 is 14.9 Å². The van der Waals surface area contributed by atoms with Gasteiger partial charge in [0.25, 0.3) is 21.6 Å². The number of sulfonamides is 1. The average molecular weight is 460 g/mol. The van der Waals surface area contributed by atoms with Crippen LogP contribution in [-0.2, 0) is 16.6 Å². The highest BCUT2D eigenvalue weighted by molar-refractivity contribution is 7.92. The lowest BCUT2D eigenvalue weighted by Gasteiger charge is -2.18. The fraction of sp³-hybridized carbons (Fsp3) is 0.0952. The van der Waals surface area contributed by atoms with E-state index in [0.29, 0.717) is 17.1 Å². The van der Waals surface area contributed by atoms with Crippen molar-refractivity contribution in [3.05, 3.63) is 99.1 Å². The van der Waals surface area contributed by atoms with Gasteiger partial charge in [-0.1, -0.05) is 29.8 Å². The van der Waals surface area contributed by atoms with Crippen molar-refractivity contribution in [2.24, 2.45) is 0 Å². The fourth-order valence-corrected chi connectivity index (χ4v) is 4.04. The number of nitro benzene ring substituents is 1. The molecule has 0 aromatic heterocycles. The van der Waals surface area contributed by atoms with Crippen LogP contribution in [0.2, 0.25) is 5.02 Å². The molecule has 0 aliphatic rings. The second kappa shape index (κ2) is 9.15. The maximum atomic E-state index is 12.6. The molecule has 0 aliphatic carbocycles. The summed E-state index contributed by atoms with van der Waals surface area (Å²) in [7, 11) is -2.36. The van der Waals surface area contributed by atoms with Crippen LogP contribution >= 0.6 is 11.6 Å². The van der Waals surface area contributed by atoms with Crippen molar-refractivity contribution < 1.29 is 18.1 Å². The Morgan fingerprint density at radius 2 is 1.71 bits per heavy atom. The van der Waals surface area contributed by atoms with Gasteiger partial charge in [-0.25, -0.2) is 8.42 Å². The van der Waals surface area contributed by atoms with Gasteiger partial charge in [0, 0.05) is 42.0 Å². The first-order valence-electron chi connectivity index (χ1n) is 9.03. The van der Waals surface area contributed by atoms with E-state index >= 15 is 0 Å². The molecule has 0 saturated carbocycles. The molecule has 31 heavy (non-hydrogen) atoms. The molecule has 3 rings (SSSR count). The van der Waals surface area contributed by atoms with E-state index in [-0.39, 0.29) is 22.2 Å². The summed E-state index contributed by atoms with van der Waals surface area (Å²) in [5.41, 5.74) is 1.20. The predicted octanol–water partition coefficient (Wildman–Crippen LogP) is 4.32. The molecule has 0 atom stereocenters. The lowest BCUT2D eigenvalue weighted by molar-refractivity contribution is -0.385. The molecule has 0 heterocycles. The van der Waals surface area contributed by atoms with Crippen LogP contribution in [0.5, 0.6) is 0 Å². The third-order valence-electron chi connectivity index (χ3n) is 4.40. The molecule has 0 fully saturated rings. The second-order valence-electron chi connectivity index (χ2n) is 6.72. The maximum Gasteiger partial charge on any atom is 0.270 e. The number of hydrogen-bond donors (Lipinski definition) is 1. The fourth-order valence-electron chi connectivity index (χ4n) is 2.82. The highest BCUT2D eigenvalue weighted by Crippen LogP contribution is 2.21. The van der Waals surface area contributed by atoms with E-state index in [9.17, 15) is 23.3 Å². The summed E-state index contributed by atoms with van der Waals surface area (Å²) < 4.78 is 27.4. The topological polar surface area (TPSA) is 110 Å². The minimum atomic E-state index is -4.02. The van der Waals surface area contributed by atoms with Gasteiger partial charge >= 0.3 is 0 Å². The largest absolute Gasteiger partial charge is 0.337 e. The van der Waals surface area contributed by atoms with Crippen molar-refractivity contribution in [3.63, 3.8) is 0 Å². The number of nitrogens with zero attached hydrogens (tertiary/aromatic N) is 2. The Bertz CT molecular complexity index is 1210. The number of nitro groups is 1. The van der Waals surface area contributed by atoms with Gasteiger partial charge in [-0.3, -0.25) is 19.6 Å². The third-order valence-corrected chi connectivity index (χ3v) is 6.03. The smallest absolute Gasteiger partial charge is 0.270 e. The summed E-state index contributed by atoms with van der Waals surface area (Å²) >= 11 is 5.87. The molecule has 10 heteroatoms. The van der Waals surface area contributed by atoms with Crippen molar-refractivity contribution >= 4 is 38.9 Å². The zero-order valence-corrected chi connectivity index (χ0v) is 17.9. The number of carbonyl (C=O) groups excluding carboxylic acids is 1. The number of anilines is 1. The highest BCUT2D eigenvalue weighted by Gasteiger charge is 2.18. The van der Waals surface area contributed by atoms with E-state index in [1.54, 1.807) is 19.2 Å². The zero-order valence-electron chi connectivity index (χ0n) is 16.4. The van der Waals surface area contributed by atoms with E-state index in [0.717, 1.165) is 11.6 Å². The van der Waals surface area contributed by atoms with Gasteiger partial charge in [0.1, 0.15) is 0 Å². The summed E-state index contributed by atoms with van der Waals surface area (Å²) in [5, 5.41) is 11.5. The molecular weight excluding hydrogens is 442 g/mol. The number of non-ortho nitro benzene ring substituents is 1. The Balaban J connectivity index is 1.70. The zero-order chi connectivity index (χ0) is 22.6. The number of amides is 1. The first-order valence-corrected chi connectivity index (χ1v) is 10.9. The Labute approximate surface area is 184 Å². The summed E-state index contributed by atoms with van der Waals surface area (Å²) in [6, 6.07) is 17.8. The molecule has 3 aromatic rings. The van der Waals surface area contributed by atoms with Crippen LogP contribution in [0.15, 0.2) is 77.7 Å². The lowest BCUT2D eigenvalue weighted by atomic mass is 10.1. The molecule has 0 unspecified atom stereocenters. The van der Waals surface area contributed by atoms with Crippen LogP contribution < -0.4 is 4.72 Å². The normalized spacial score (nSPS) is 11.0. The molecule has 1 N–H and O–H groups in total. The average Bonchev–Trinajstić information content (AvgIpc) is 2.75. The standard InChI is InChI=1S/C21H18ClN3O5S/c1-24(14-15-5-9-17(22)10-6-15)21(26)16-7-11-18(12-8-16)23-31(29,30)20-4-2-3-19(13-20)25(27)28/h2-13,23H,14H2,1H3. The first-order chi connectivity index (χ1) is 14.7. The van der Waals surface area contributed by atoms with Crippen molar-refractivity contribution in [1.82, 2.24) is 4.90 Å². The molecule has 0 aliphatic heterocycles. The van der Waals surface area contributed by atoms with Crippen LogP contribution in [0.4, 0.5) is 11.4 Å². The van der Waals surface area contributed by atoms with Crippen molar-refractivity contribution in [3.8, 4) is 0 Å². The van der Waals surface area contributed by atoms with E-state index in [4.69, 9.17) is 11.6 Å². The van der Waals surface area contributed by atoms with Gasteiger partial charge in [-0.2, -0.15) is 0 Å². The van der Waals surface area contributed by atoms with E-state index in [2.05, 4.69) is 4.72 Å². The van der Waals surface area contributed by atoms with Crippen molar-refractivity contribution in [1.29, 1.82) is 0 Å². The Kier molecular flexibility index (Phi) is 6.57. The Morgan fingerprint density at radius 3 is 2.32 bits per heavy atom. The molecule has 0 saturated heterocycles. The van der Waals surface area contributed by atoms with Gasteiger partial charge in [0.05, 0.1) is 9.82 Å². The van der Waals surface area contributed by atoms with Gasteiger partial charge < -0.3 is 4.90 Å². The minimum Gasteiger partial charge on any atom is -0.337 e. The van der Waals surface area contributed by atoms with E-state index in [1.165, 1.54) is 47.4 Å². The second-order valence-corrected chi connectivity index (χ2v) is 8.84. The predicted molar refractivity (Wildman–Crippen MR) is 118 cm³/mol. The van der Waals surface area contributed by atoms with E-state index in [1.807, 2.05) is 12.1 Å². The van der Waals surface area contributed by atoms with Gasteiger partial charge in [-0.05, 0) is 48.0 Å². The maximum absolute atomic E-state index is 12.6. The molecule has 0 radical (unpaired) electrons. The van der Waals surface area contributed by atoms with Crippen LogP contribution in [0.3, 0.4) is 0 Å². The molecule has 8 nitrogen and oxygen atoms in total. The Hall–Kier alpha value is -3.43. The third kappa shape index (κ3) is 5.59. The van der Waals surface area contributed by atoms with Gasteiger partial charge in [0.2, 0.25) is 0 Å². The number of halogens is 1. The van der Waals surface area contributed by atoms with Crippen LogP contribution in [-0.4, -0.2) is 31.2 Å². The summed E-state index contributed by atoms with van der Waals surface area (Å²) in [6.45, 7) is 0.386. The molecule has 0 bridgehead atoms. The van der Waals surface area contributed by atoms with Crippen LogP contribution in [0.1, 0.15) is 15.9 Å². The summed E-state index contributed by atoms with van der Waals surface area (Å²) in [5.74, 6) is -0.233. The highest BCUT2D eigenvalue weighted by atomic mass is 35.5. The summed E-state index contributed by atoms with van der Waals surface area (Å²) in [4.78, 5) is 24.1. The number of hydrogen-bond acceptors (Lipinski definition) is 5. The van der Waals surface area contributed by atoms with Crippen LogP contribution in [0, 0.1) is 10.1 Å². The molecule has 160 valence electrons. The quantitative estimate of drug-likeness (QED) is 0.418. The minimum absolute atomic E-state index is 0.225. The lowest BCUT2D eigenvalue weighted by Crippen LogP contribution is -2.26. The molecule has 1 amide bonds. The number of nitrogens with one attached hydrogen (secondary N) is 1. The van der Waals surface area contributed by atoms with Gasteiger partial charge in [0.15, 0.2) is 0 Å². The Morgan fingerprint density at radius 1 is 1.06 bits per heavy atom. The first kappa shape index (κ1) is 22.3. The molecule has 0 spiro atoms. The molecular formula is C21H18ClN3O5S. The number of rotatable bonds is 7. The molecule has 3 aromatic carbocycles. The monoisotopic (exact) mass is 459 g/mol. The van der Waals surface area contributed by atoms with Crippen molar-refractivity contribution in [2.45, 2.75) is 11.4 Å². The van der Waals surface area contributed by atoms with Crippen molar-refractivity contribution in [2.75, 3.05) is 11.8 Å². The number of carbonyl (C=O) groups is 1. The summed E-state index contributed by atoms with van der Waals surface area (Å²) in [6.07, 6.45) is 0. The number of benzene rings is 3. The van der Waals surface area contributed by atoms with Crippen LogP contribution in [0.25, 0.3) is 0 Å². The SMILES string of the molecule is CN(Cc1ccc(Cl)cc1)C(=O)c1ccc(NS(=O)(=O)c2cccc([N+](=O)[O-])c2)cc1.